The van der Waals surface area contributed by atoms with E-state index in [4.69, 9.17) is 0 Å². The number of sulfonamides is 1. The van der Waals surface area contributed by atoms with Crippen molar-refractivity contribution in [1.82, 2.24) is 9.62 Å². The number of nitrogens with zero attached hydrogens (tertiary/aromatic N) is 1. The van der Waals surface area contributed by atoms with E-state index in [-0.39, 0.29) is 16.8 Å². The van der Waals surface area contributed by atoms with E-state index in [1.165, 1.54) is 6.42 Å². The average molecular weight is 365 g/mol. The van der Waals surface area contributed by atoms with E-state index in [1.807, 2.05) is 0 Å². The minimum absolute atomic E-state index is 0.110. The highest BCUT2D eigenvalue weighted by Crippen LogP contribution is 2.24. The molecule has 6 heteroatoms. The zero-order valence-corrected chi connectivity index (χ0v) is 15.7. The first-order chi connectivity index (χ1) is 12.0. The Hall–Kier alpha value is -1.40. The van der Waals surface area contributed by atoms with E-state index in [9.17, 15) is 13.2 Å². The molecule has 138 valence electrons. The first-order valence-corrected chi connectivity index (χ1v) is 10.8. The van der Waals surface area contributed by atoms with E-state index in [2.05, 4.69) is 12.2 Å². The maximum Gasteiger partial charge on any atom is 0.251 e. The Morgan fingerprint density at radius 1 is 1.00 bits per heavy atom. The van der Waals surface area contributed by atoms with Crippen LogP contribution in [0.3, 0.4) is 0 Å². The molecule has 1 saturated carbocycles. The van der Waals surface area contributed by atoms with E-state index < -0.39 is 10.0 Å². The molecular formula is C19H28N2O3S. The van der Waals surface area contributed by atoms with Gasteiger partial charge < -0.3 is 5.32 Å². The van der Waals surface area contributed by atoms with Gasteiger partial charge in [0.25, 0.3) is 5.91 Å². The number of carbonyl (C=O) groups excluding carboxylic acids is 1. The number of benzene rings is 1. The molecule has 2 aliphatic rings. The van der Waals surface area contributed by atoms with Crippen molar-refractivity contribution in [2.75, 3.05) is 13.1 Å². The highest BCUT2D eigenvalue weighted by Gasteiger charge is 2.27. The summed E-state index contributed by atoms with van der Waals surface area (Å²) < 4.78 is 26.9. The minimum Gasteiger partial charge on any atom is -0.349 e. The topological polar surface area (TPSA) is 66.5 Å². The molecule has 3 rings (SSSR count). The molecule has 0 radical (unpaired) electrons. The molecule has 2 fully saturated rings. The number of hydrogen-bond donors (Lipinski definition) is 1. The first-order valence-electron chi connectivity index (χ1n) is 9.39. The molecule has 25 heavy (non-hydrogen) atoms. The van der Waals surface area contributed by atoms with Crippen molar-refractivity contribution in [3.8, 4) is 0 Å². The fourth-order valence-corrected chi connectivity index (χ4v) is 5.33. The number of hydrogen-bond acceptors (Lipinski definition) is 3. The second-order valence-corrected chi connectivity index (χ2v) is 9.27. The van der Waals surface area contributed by atoms with E-state index >= 15 is 0 Å². The van der Waals surface area contributed by atoms with Crippen molar-refractivity contribution in [2.24, 2.45) is 5.92 Å². The maximum absolute atomic E-state index is 12.7. The Labute approximate surface area is 150 Å². The highest BCUT2D eigenvalue weighted by molar-refractivity contribution is 7.89. The van der Waals surface area contributed by atoms with Crippen molar-refractivity contribution >= 4 is 15.9 Å². The number of amides is 1. The van der Waals surface area contributed by atoms with Crippen molar-refractivity contribution in [3.63, 3.8) is 0 Å². The summed E-state index contributed by atoms with van der Waals surface area (Å²) in [5, 5.41) is 3.11. The third kappa shape index (κ3) is 4.23. The lowest BCUT2D eigenvalue weighted by Crippen LogP contribution is -2.41. The van der Waals surface area contributed by atoms with Crippen molar-refractivity contribution in [3.05, 3.63) is 29.8 Å². The third-order valence-corrected chi connectivity index (χ3v) is 7.41. The van der Waals surface area contributed by atoms with Crippen molar-refractivity contribution in [1.29, 1.82) is 0 Å². The molecule has 1 N–H and O–H groups in total. The molecule has 1 aromatic rings. The van der Waals surface area contributed by atoms with E-state index in [0.29, 0.717) is 24.6 Å². The lowest BCUT2D eigenvalue weighted by molar-refractivity contribution is 0.0910. The molecule has 1 heterocycles. The van der Waals surface area contributed by atoms with Crippen molar-refractivity contribution in [2.45, 2.75) is 62.8 Å². The van der Waals surface area contributed by atoms with Crippen LogP contribution in [0.4, 0.5) is 0 Å². The molecule has 1 aliphatic carbocycles. The van der Waals surface area contributed by atoms with Gasteiger partial charge in [-0.05, 0) is 55.9 Å². The summed E-state index contributed by atoms with van der Waals surface area (Å²) in [7, 11) is -3.44. The van der Waals surface area contributed by atoms with Gasteiger partial charge in [0.05, 0.1) is 4.90 Å². The van der Waals surface area contributed by atoms with E-state index in [0.717, 1.165) is 38.5 Å². The maximum atomic E-state index is 12.7. The number of nitrogens with one attached hydrogen (secondary N) is 1. The monoisotopic (exact) mass is 364 g/mol. The van der Waals surface area contributed by atoms with Crippen LogP contribution in [0.2, 0.25) is 0 Å². The van der Waals surface area contributed by atoms with Crippen molar-refractivity contribution < 1.29 is 13.2 Å². The van der Waals surface area contributed by atoms with Crippen LogP contribution in [0, 0.1) is 5.92 Å². The molecular weight excluding hydrogens is 336 g/mol. The number of piperidine rings is 1. The molecule has 1 aromatic carbocycles. The summed E-state index contributed by atoms with van der Waals surface area (Å²) in [6, 6.07) is 6.59. The molecule has 0 aromatic heterocycles. The van der Waals surface area contributed by atoms with Gasteiger partial charge >= 0.3 is 0 Å². The summed E-state index contributed by atoms with van der Waals surface area (Å²) in [5.41, 5.74) is 0.523. The quantitative estimate of drug-likeness (QED) is 0.892. The second kappa shape index (κ2) is 7.87. The van der Waals surface area contributed by atoms with Gasteiger partial charge in [0, 0.05) is 24.7 Å². The van der Waals surface area contributed by atoms with Crippen LogP contribution >= 0.6 is 0 Å². The molecule has 0 spiro atoms. The lowest BCUT2D eigenvalue weighted by atomic mass is 9.86. The third-order valence-electron chi connectivity index (χ3n) is 5.50. The molecule has 1 aliphatic heterocycles. The Morgan fingerprint density at radius 2 is 1.64 bits per heavy atom. The smallest absolute Gasteiger partial charge is 0.251 e. The molecule has 1 amide bonds. The fourth-order valence-electron chi connectivity index (χ4n) is 3.82. The molecule has 2 unspecified atom stereocenters. The SMILES string of the molecule is CC1CCCCC1NC(=O)c1ccc(S(=O)(=O)N2CCCCC2)cc1. The van der Waals surface area contributed by atoms with Crippen LogP contribution in [-0.4, -0.2) is 37.8 Å². The predicted octanol–water partition coefficient (Wildman–Crippen LogP) is 3.17. The predicted molar refractivity (Wildman–Crippen MR) is 97.9 cm³/mol. The summed E-state index contributed by atoms with van der Waals surface area (Å²) in [6.45, 7) is 3.35. The summed E-state index contributed by atoms with van der Waals surface area (Å²) in [4.78, 5) is 12.7. The van der Waals surface area contributed by atoms with Gasteiger partial charge in [-0.15, -0.1) is 0 Å². The van der Waals surface area contributed by atoms with Gasteiger partial charge in [-0.3, -0.25) is 4.79 Å². The fraction of sp³-hybridized carbons (Fsp3) is 0.632. The lowest BCUT2D eigenvalue weighted by Gasteiger charge is -2.29. The van der Waals surface area contributed by atoms with Gasteiger partial charge in [0.1, 0.15) is 0 Å². The normalized spacial score (nSPS) is 25.5. The van der Waals surface area contributed by atoms with E-state index in [1.54, 1.807) is 28.6 Å². The van der Waals surface area contributed by atoms with Gasteiger partial charge in [0.15, 0.2) is 0 Å². The number of rotatable bonds is 4. The van der Waals surface area contributed by atoms with Gasteiger partial charge in [-0.1, -0.05) is 26.2 Å². The molecule has 2 atom stereocenters. The first kappa shape index (κ1) is 18.4. The highest BCUT2D eigenvalue weighted by atomic mass is 32.2. The molecule has 5 nitrogen and oxygen atoms in total. The Kier molecular flexibility index (Phi) is 5.79. The molecule has 0 bridgehead atoms. The summed E-state index contributed by atoms with van der Waals surface area (Å²) >= 11 is 0. The van der Waals surface area contributed by atoms with Crippen LogP contribution in [0.25, 0.3) is 0 Å². The molecule has 1 saturated heterocycles. The largest absolute Gasteiger partial charge is 0.349 e. The number of carbonyl (C=O) groups is 1. The Bertz CT molecular complexity index is 694. The zero-order chi connectivity index (χ0) is 17.9. The standard InChI is InChI=1S/C19H28N2O3S/c1-15-7-3-4-8-18(15)20-19(22)16-9-11-17(12-10-16)25(23,24)21-13-5-2-6-14-21/h9-12,15,18H,2-8,13-14H2,1H3,(H,20,22). The van der Waals surface area contributed by atoms with Gasteiger partial charge in [-0.2, -0.15) is 4.31 Å². The van der Waals surface area contributed by atoms with Crippen LogP contribution < -0.4 is 5.32 Å². The van der Waals surface area contributed by atoms with Crippen LogP contribution in [-0.2, 0) is 10.0 Å². The van der Waals surface area contributed by atoms with Gasteiger partial charge in [0.2, 0.25) is 10.0 Å². The average Bonchev–Trinajstić information content (AvgIpc) is 2.64. The zero-order valence-electron chi connectivity index (χ0n) is 14.9. The van der Waals surface area contributed by atoms with Crippen LogP contribution in [0.1, 0.15) is 62.2 Å². The van der Waals surface area contributed by atoms with Crippen LogP contribution in [0.5, 0.6) is 0 Å². The Balaban J connectivity index is 1.68. The minimum atomic E-state index is -3.44. The van der Waals surface area contributed by atoms with Crippen LogP contribution in [0.15, 0.2) is 29.2 Å². The Morgan fingerprint density at radius 3 is 2.28 bits per heavy atom. The summed E-state index contributed by atoms with van der Waals surface area (Å²) in [5.74, 6) is 0.386. The second-order valence-electron chi connectivity index (χ2n) is 7.33. The van der Waals surface area contributed by atoms with Gasteiger partial charge in [-0.25, -0.2) is 8.42 Å². The summed E-state index contributed by atoms with van der Waals surface area (Å²) in [6.07, 6.45) is 7.48.